The maximum atomic E-state index is 8.42. The number of nitrogens with one attached hydrogen (secondary N) is 4. The molecule has 0 atom stereocenters. The first-order valence-corrected chi connectivity index (χ1v) is 8.71. The van der Waals surface area contributed by atoms with Crippen LogP contribution in [0.15, 0.2) is 54.3 Å². The summed E-state index contributed by atoms with van der Waals surface area (Å²) in [6.07, 6.45) is 5.37. The van der Waals surface area contributed by atoms with Crippen molar-refractivity contribution in [2.45, 2.75) is 26.7 Å². The van der Waals surface area contributed by atoms with Crippen molar-refractivity contribution < 1.29 is 4.74 Å². The summed E-state index contributed by atoms with van der Waals surface area (Å²) in [5.41, 5.74) is 4.93. The molecular formula is C21H30N4O. The fraction of sp³-hybridized carbons (Fsp3) is 0.333. The summed E-state index contributed by atoms with van der Waals surface area (Å²) in [6.45, 7) is 7.94. The molecule has 0 unspecified atom stereocenters. The molecule has 5 nitrogen and oxygen atoms in total. The lowest BCUT2D eigenvalue weighted by Crippen LogP contribution is -2.23. The molecule has 0 saturated heterocycles. The van der Waals surface area contributed by atoms with Gasteiger partial charge in [-0.25, -0.2) is 0 Å². The third-order valence-corrected chi connectivity index (χ3v) is 3.91. The van der Waals surface area contributed by atoms with E-state index in [4.69, 9.17) is 15.6 Å². The molecule has 0 heterocycles. The van der Waals surface area contributed by atoms with Crippen molar-refractivity contribution in [1.29, 1.82) is 10.8 Å². The zero-order chi connectivity index (χ0) is 19.5. The van der Waals surface area contributed by atoms with Crippen LogP contribution in [-0.2, 0) is 4.74 Å². The van der Waals surface area contributed by atoms with Gasteiger partial charge in [-0.3, -0.25) is 5.41 Å². The molecule has 0 aliphatic heterocycles. The number of rotatable bonds is 10. The first kappa shape index (κ1) is 21.4. The maximum Gasteiger partial charge on any atom is 0.129 e. The van der Waals surface area contributed by atoms with E-state index >= 15 is 0 Å². The molecule has 5 heteroatoms. The van der Waals surface area contributed by atoms with E-state index in [9.17, 15) is 0 Å². The summed E-state index contributed by atoms with van der Waals surface area (Å²) >= 11 is 0. The number of benzene rings is 1. The molecule has 0 saturated carbocycles. The number of methoxy groups -OCH3 is 1. The number of amidine groups is 1. The van der Waals surface area contributed by atoms with E-state index in [2.05, 4.69) is 24.1 Å². The van der Waals surface area contributed by atoms with Gasteiger partial charge in [0.1, 0.15) is 5.84 Å². The Balaban J connectivity index is 3.03. The van der Waals surface area contributed by atoms with E-state index in [-0.39, 0.29) is 0 Å². The van der Waals surface area contributed by atoms with Crippen molar-refractivity contribution in [3.63, 3.8) is 0 Å². The molecule has 0 amide bonds. The van der Waals surface area contributed by atoms with Crippen LogP contribution in [0.25, 0.3) is 5.57 Å². The lowest BCUT2D eigenvalue weighted by Gasteiger charge is -2.17. The zero-order valence-corrected chi connectivity index (χ0v) is 16.2. The highest BCUT2D eigenvalue weighted by Crippen LogP contribution is 2.20. The van der Waals surface area contributed by atoms with Crippen molar-refractivity contribution in [2.24, 2.45) is 0 Å². The quantitative estimate of drug-likeness (QED) is 0.281. The Morgan fingerprint density at radius 3 is 2.35 bits per heavy atom. The number of hydrogen-bond donors (Lipinski definition) is 4. The second kappa shape index (κ2) is 11.1. The molecule has 26 heavy (non-hydrogen) atoms. The molecule has 140 valence electrons. The van der Waals surface area contributed by atoms with Gasteiger partial charge in [0, 0.05) is 42.4 Å². The van der Waals surface area contributed by atoms with Gasteiger partial charge < -0.3 is 20.8 Å². The van der Waals surface area contributed by atoms with Crippen molar-refractivity contribution in [1.82, 2.24) is 5.32 Å². The summed E-state index contributed by atoms with van der Waals surface area (Å²) in [6, 6.07) is 7.70. The van der Waals surface area contributed by atoms with Gasteiger partial charge in [-0.05, 0) is 31.0 Å². The minimum atomic E-state index is 0.322. The molecule has 0 aliphatic carbocycles. The standard InChI is InChI=1S/C21H30N4O/c1-6-8-18(15(3)22)16-10-12-17(13-11-16)25-21(23)19(14-26-5)20(24-4)9-7-2/h6,8,10-13,22,24H,1,7,9,14H2,2-5H3,(H2,23,25)/b18-8+,20-19-,22-15?. The monoisotopic (exact) mass is 354 g/mol. The highest BCUT2D eigenvalue weighted by atomic mass is 16.5. The van der Waals surface area contributed by atoms with Gasteiger partial charge in [0.15, 0.2) is 0 Å². The molecule has 0 aromatic heterocycles. The van der Waals surface area contributed by atoms with Gasteiger partial charge in [0.05, 0.1) is 6.61 Å². The van der Waals surface area contributed by atoms with Crippen LogP contribution in [-0.4, -0.2) is 32.3 Å². The lowest BCUT2D eigenvalue weighted by atomic mass is 10.0. The van der Waals surface area contributed by atoms with Crippen LogP contribution < -0.4 is 10.6 Å². The second-order valence-electron chi connectivity index (χ2n) is 5.91. The lowest BCUT2D eigenvalue weighted by molar-refractivity contribution is 0.228. The molecule has 4 N–H and O–H groups in total. The average Bonchev–Trinajstić information content (AvgIpc) is 2.63. The molecule has 1 rings (SSSR count). The SMILES string of the molecule is C=C/C=C(\C(C)=N)c1ccc(NC(=N)/C(COC)=C(/CCC)NC)cc1. The molecule has 1 aromatic rings. The van der Waals surface area contributed by atoms with Gasteiger partial charge in [-0.15, -0.1) is 0 Å². The van der Waals surface area contributed by atoms with Crippen LogP contribution in [0.3, 0.4) is 0 Å². The van der Waals surface area contributed by atoms with E-state index < -0.39 is 0 Å². The highest BCUT2D eigenvalue weighted by Gasteiger charge is 2.12. The molecule has 0 aliphatic rings. The van der Waals surface area contributed by atoms with Crippen molar-refractivity contribution in [2.75, 3.05) is 26.1 Å². The summed E-state index contributed by atoms with van der Waals surface area (Å²) in [5, 5.41) is 22.6. The highest BCUT2D eigenvalue weighted by molar-refractivity contribution is 6.21. The summed E-state index contributed by atoms with van der Waals surface area (Å²) < 4.78 is 5.28. The second-order valence-corrected chi connectivity index (χ2v) is 5.91. The Morgan fingerprint density at radius 1 is 1.23 bits per heavy atom. The summed E-state index contributed by atoms with van der Waals surface area (Å²) in [7, 11) is 3.50. The summed E-state index contributed by atoms with van der Waals surface area (Å²) in [4.78, 5) is 0. The topological polar surface area (TPSA) is 81.0 Å². The van der Waals surface area contributed by atoms with Gasteiger partial charge >= 0.3 is 0 Å². The zero-order valence-electron chi connectivity index (χ0n) is 16.2. The molecule has 1 aromatic carbocycles. The maximum absolute atomic E-state index is 8.42. The Kier molecular flexibility index (Phi) is 9.09. The van der Waals surface area contributed by atoms with Crippen molar-refractivity contribution in [3.8, 4) is 0 Å². The largest absolute Gasteiger partial charge is 0.391 e. The Morgan fingerprint density at radius 2 is 1.88 bits per heavy atom. The van der Waals surface area contributed by atoms with E-state index in [0.29, 0.717) is 18.2 Å². The fourth-order valence-electron chi connectivity index (χ4n) is 2.64. The van der Waals surface area contributed by atoms with Gasteiger partial charge in [0.2, 0.25) is 0 Å². The van der Waals surface area contributed by atoms with Crippen LogP contribution in [0, 0.1) is 10.8 Å². The third kappa shape index (κ3) is 6.01. The van der Waals surface area contributed by atoms with E-state index in [1.807, 2.05) is 37.4 Å². The van der Waals surface area contributed by atoms with E-state index in [1.54, 1.807) is 20.1 Å². The Labute approximate surface area is 156 Å². The Bertz CT molecular complexity index is 699. The number of allylic oxidation sites excluding steroid dienone is 4. The number of hydrogen-bond acceptors (Lipinski definition) is 4. The average molecular weight is 354 g/mol. The van der Waals surface area contributed by atoms with Crippen LogP contribution in [0.5, 0.6) is 0 Å². The smallest absolute Gasteiger partial charge is 0.129 e. The van der Waals surface area contributed by atoms with E-state index in [1.165, 1.54) is 0 Å². The van der Waals surface area contributed by atoms with E-state index in [0.717, 1.165) is 40.9 Å². The molecule has 0 fully saturated rings. The predicted molar refractivity (Wildman–Crippen MR) is 112 cm³/mol. The van der Waals surface area contributed by atoms with Gasteiger partial charge in [-0.2, -0.15) is 0 Å². The van der Waals surface area contributed by atoms with Crippen molar-refractivity contribution in [3.05, 3.63) is 59.8 Å². The minimum absolute atomic E-state index is 0.322. The first-order valence-electron chi connectivity index (χ1n) is 8.71. The molecular weight excluding hydrogens is 324 g/mol. The van der Waals surface area contributed by atoms with Crippen LogP contribution in [0.4, 0.5) is 5.69 Å². The van der Waals surface area contributed by atoms with Crippen LogP contribution in [0.2, 0.25) is 0 Å². The Hall–Kier alpha value is -2.66. The molecule has 0 radical (unpaired) electrons. The summed E-state index contributed by atoms with van der Waals surface area (Å²) in [5.74, 6) is 0.322. The minimum Gasteiger partial charge on any atom is -0.391 e. The third-order valence-electron chi connectivity index (χ3n) is 3.91. The predicted octanol–water partition coefficient (Wildman–Crippen LogP) is 4.60. The first-order chi connectivity index (χ1) is 12.5. The van der Waals surface area contributed by atoms with Gasteiger partial charge in [0.25, 0.3) is 0 Å². The normalized spacial score (nSPS) is 12.2. The molecule has 0 bridgehead atoms. The van der Waals surface area contributed by atoms with Crippen LogP contribution >= 0.6 is 0 Å². The van der Waals surface area contributed by atoms with Crippen LogP contribution in [0.1, 0.15) is 32.3 Å². The molecule has 0 spiro atoms. The van der Waals surface area contributed by atoms with Gasteiger partial charge in [-0.1, -0.05) is 44.2 Å². The fourth-order valence-corrected chi connectivity index (χ4v) is 2.64. The number of ether oxygens (including phenoxy) is 1. The number of anilines is 1. The van der Waals surface area contributed by atoms with Crippen molar-refractivity contribution >= 4 is 22.8 Å².